The lowest BCUT2D eigenvalue weighted by Gasteiger charge is -2.14. The van der Waals surface area contributed by atoms with Crippen LogP contribution in [-0.4, -0.2) is 36.2 Å². The van der Waals surface area contributed by atoms with Crippen molar-refractivity contribution in [3.8, 4) is 11.5 Å². The summed E-state index contributed by atoms with van der Waals surface area (Å²) < 4.78 is 25.9. The minimum atomic E-state index is -0.727. The molecule has 158 valence electrons. The number of carbonyl (C=O) groups excluding carboxylic acids is 2. The molecule has 0 aliphatic carbocycles. The first-order valence-corrected chi connectivity index (χ1v) is 9.03. The van der Waals surface area contributed by atoms with Crippen molar-refractivity contribution in [2.75, 3.05) is 19.5 Å². The van der Waals surface area contributed by atoms with E-state index in [2.05, 4.69) is 15.5 Å². The number of anilines is 1. The average molecular weight is 415 g/mol. The van der Waals surface area contributed by atoms with E-state index in [9.17, 15) is 9.59 Å². The predicted octanol–water partition coefficient (Wildman–Crippen LogP) is 3.41. The van der Waals surface area contributed by atoms with Gasteiger partial charge in [0.1, 0.15) is 0 Å². The molecule has 0 spiro atoms. The maximum absolute atomic E-state index is 12.7. The number of hydrogen-bond donors (Lipinski definition) is 1. The van der Waals surface area contributed by atoms with E-state index >= 15 is 0 Å². The van der Waals surface area contributed by atoms with Crippen LogP contribution in [0.4, 0.5) is 5.69 Å². The Bertz CT molecular complexity index is 1030. The Morgan fingerprint density at radius 3 is 2.50 bits per heavy atom. The number of aromatic nitrogens is 2. The summed E-state index contributed by atoms with van der Waals surface area (Å²) in [6.07, 6.45) is 1.37. The number of carbonyl (C=O) groups is 2. The summed E-state index contributed by atoms with van der Waals surface area (Å²) in [6, 6.07) is 5.94. The molecule has 0 saturated heterocycles. The zero-order valence-electron chi connectivity index (χ0n) is 16.9. The fraction of sp³-hybridized carbons (Fsp3) is 0.300. The lowest BCUT2D eigenvalue weighted by atomic mass is 10.1. The van der Waals surface area contributed by atoms with E-state index in [0.717, 1.165) is 0 Å². The lowest BCUT2D eigenvalue weighted by Crippen LogP contribution is -2.16. The fourth-order valence-electron chi connectivity index (χ4n) is 2.51. The molecule has 1 N–H and O–H groups in total. The Morgan fingerprint density at radius 2 is 1.90 bits per heavy atom. The van der Waals surface area contributed by atoms with Crippen molar-refractivity contribution in [3.63, 3.8) is 0 Å². The van der Waals surface area contributed by atoms with E-state index in [1.54, 1.807) is 6.07 Å². The van der Waals surface area contributed by atoms with Crippen LogP contribution in [0.2, 0.25) is 0 Å². The minimum absolute atomic E-state index is 0.0520. The summed E-state index contributed by atoms with van der Waals surface area (Å²) in [5.74, 6) is 0.174. The van der Waals surface area contributed by atoms with Crippen molar-refractivity contribution in [1.29, 1.82) is 0 Å². The summed E-state index contributed by atoms with van der Waals surface area (Å²) in [6.45, 7) is 3.61. The second-order valence-electron chi connectivity index (χ2n) is 6.46. The van der Waals surface area contributed by atoms with Crippen LogP contribution in [0.5, 0.6) is 11.5 Å². The third-order valence-corrected chi connectivity index (χ3v) is 4.06. The monoisotopic (exact) mass is 415 g/mol. The van der Waals surface area contributed by atoms with Crippen LogP contribution in [0, 0.1) is 0 Å². The van der Waals surface area contributed by atoms with Crippen LogP contribution in [0.25, 0.3) is 0 Å². The van der Waals surface area contributed by atoms with Crippen molar-refractivity contribution < 1.29 is 32.7 Å². The minimum Gasteiger partial charge on any atom is -0.493 e. The standard InChI is InChI=1S/C20H21N3O7/c1-11(2)18-22-17(30-23-18)10-29-20(25)12-8-15(26-3)16(27-4)9-13(12)21-19(24)14-6-5-7-28-14/h5-9,11H,10H2,1-4H3,(H,21,24). The van der Waals surface area contributed by atoms with E-state index in [0.29, 0.717) is 17.3 Å². The van der Waals surface area contributed by atoms with Crippen LogP contribution in [0.1, 0.15) is 52.4 Å². The summed E-state index contributed by atoms with van der Waals surface area (Å²) in [7, 11) is 2.87. The zero-order valence-corrected chi connectivity index (χ0v) is 16.9. The number of methoxy groups -OCH3 is 2. The van der Waals surface area contributed by atoms with Gasteiger partial charge in [-0.15, -0.1) is 0 Å². The molecule has 0 aliphatic rings. The number of hydrogen-bond acceptors (Lipinski definition) is 9. The molecule has 1 aromatic carbocycles. The predicted molar refractivity (Wildman–Crippen MR) is 104 cm³/mol. The lowest BCUT2D eigenvalue weighted by molar-refractivity contribution is 0.0430. The number of furan rings is 1. The van der Waals surface area contributed by atoms with Crippen LogP contribution in [0.15, 0.2) is 39.5 Å². The molecule has 0 radical (unpaired) electrons. The number of benzene rings is 1. The summed E-state index contributed by atoms with van der Waals surface area (Å²) in [5.41, 5.74) is 0.212. The molecule has 2 heterocycles. The molecular formula is C20H21N3O7. The zero-order chi connectivity index (χ0) is 21.7. The molecule has 10 nitrogen and oxygen atoms in total. The van der Waals surface area contributed by atoms with Crippen molar-refractivity contribution in [2.45, 2.75) is 26.4 Å². The highest BCUT2D eigenvalue weighted by atomic mass is 16.6. The highest BCUT2D eigenvalue weighted by Gasteiger charge is 2.22. The van der Waals surface area contributed by atoms with E-state index in [-0.39, 0.29) is 35.4 Å². The number of nitrogens with zero attached hydrogens (tertiary/aromatic N) is 2. The molecule has 10 heteroatoms. The quantitative estimate of drug-likeness (QED) is 0.551. The maximum atomic E-state index is 12.7. The first kappa shape index (κ1) is 20.9. The van der Waals surface area contributed by atoms with E-state index < -0.39 is 11.9 Å². The van der Waals surface area contributed by atoms with Crippen molar-refractivity contribution in [2.24, 2.45) is 0 Å². The Morgan fingerprint density at radius 1 is 1.17 bits per heavy atom. The van der Waals surface area contributed by atoms with Crippen molar-refractivity contribution in [1.82, 2.24) is 10.1 Å². The third kappa shape index (κ3) is 4.59. The number of ether oxygens (including phenoxy) is 3. The number of rotatable bonds is 8. The summed E-state index contributed by atoms with van der Waals surface area (Å²) >= 11 is 0. The van der Waals surface area contributed by atoms with Gasteiger partial charge in [0.15, 0.2) is 29.7 Å². The highest BCUT2D eigenvalue weighted by Crippen LogP contribution is 2.34. The molecule has 0 unspecified atom stereocenters. The van der Waals surface area contributed by atoms with E-state index in [1.807, 2.05) is 13.8 Å². The molecule has 30 heavy (non-hydrogen) atoms. The Labute approximate surface area is 172 Å². The molecule has 0 fully saturated rings. The molecule has 2 aromatic heterocycles. The molecule has 1 amide bonds. The van der Waals surface area contributed by atoms with Gasteiger partial charge in [0.2, 0.25) is 0 Å². The fourth-order valence-corrected chi connectivity index (χ4v) is 2.51. The Kier molecular flexibility index (Phi) is 6.35. The van der Waals surface area contributed by atoms with E-state index in [4.69, 9.17) is 23.2 Å². The molecule has 3 aromatic rings. The first-order valence-electron chi connectivity index (χ1n) is 9.03. The number of esters is 1. The SMILES string of the molecule is COc1cc(NC(=O)c2ccco2)c(C(=O)OCc2nc(C(C)C)no2)cc1OC. The number of nitrogens with one attached hydrogen (secondary N) is 1. The van der Waals surface area contributed by atoms with Gasteiger partial charge < -0.3 is 28.5 Å². The van der Waals surface area contributed by atoms with Gasteiger partial charge >= 0.3 is 5.97 Å². The van der Waals surface area contributed by atoms with Gasteiger partial charge in [-0.2, -0.15) is 4.98 Å². The first-order chi connectivity index (χ1) is 14.4. The van der Waals surface area contributed by atoms with Gasteiger partial charge in [-0.1, -0.05) is 19.0 Å². The maximum Gasteiger partial charge on any atom is 0.340 e. The molecule has 0 atom stereocenters. The second-order valence-corrected chi connectivity index (χ2v) is 6.46. The number of amides is 1. The van der Waals surface area contributed by atoms with Gasteiger partial charge in [-0.05, 0) is 12.1 Å². The van der Waals surface area contributed by atoms with Crippen LogP contribution in [0.3, 0.4) is 0 Å². The summed E-state index contributed by atoms with van der Waals surface area (Å²) in [4.78, 5) is 29.3. The van der Waals surface area contributed by atoms with E-state index in [1.165, 1.54) is 38.7 Å². The Hall–Kier alpha value is -3.82. The highest BCUT2D eigenvalue weighted by molar-refractivity contribution is 6.07. The average Bonchev–Trinajstić information content (AvgIpc) is 3.43. The van der Waals surface area contributed by atoms with Gasteiger partial charge in [0.05, 0.1) is 31.7 Å². The smallest absolute Gasteiger partial charge is 0.340 e. The molecular weight excluding hydrogens is 394 g/mol. The van der Waals surface area contributed by atoms with Gasteiger partial charge in [0, 0.05) is 18.1 Å². The summed E-state index contributed by atoms with van der Waals surface area (Å²) in [5, 5.41) is 6.44. The Balaban J connectivity index is 1.84. The third-order valence-electron chi connectivity index (χ3n) is 4.06. The topological polar surface area (TPSA) is 126 Å². The molecule has 0 saturated carbocycles. The van der Waals surface area contributed by atoms with Crippen LogP contribution in [-0.2, 0) is 11.3 Å². The van der Waals surface area contributed by atoms with Crippen LogP contribution >= 0.6 is 0 Å². The molecule has 0 bridgehead atoms. The largest absolute Gasteiger partial charge is 0.493 e. The second kappa shape index (κ2) is 9.12. The molecule has 3 rings (SSSR count). The normalized spacial score (nSPS) is 10.7. The van der Waals surface area contributed by atoms with Crippen molar-refractivity contribution in [3.05, 3.63) is 53.6 Å². The van der Waals surface area contributed by atoms with Crippen molar-refractivity contribution >= 4 is 17.6 Å². The van der Waals surface area contributed by atoms with Crippen LogP contribution < -0.4 is 14.8 Å². The van der Waals surface area contributed by atoms with Gasteiger partial charge in [0.25, 0.3) is 11.8 Å². The molecule has 0 aliphatic heterocycles. The van der Waals surface area contributed by atoms with Gasteiger partial charge in [-0.3, -0.25) is 4.79 Å². The van der Waals surface area contributed by atoms with Gasteiger partial charge in [-0.25, -0.2) is 4.79 Å².